The summed E-state index contributed by atoms with van der Waals surface area (Å²) in [6.45, 7) is 11.7. The first-order chi connectivity index (χ1) is 5.96. The summed E-state index contributed by atoms with van der Waals surface area (Å²) in [7, 11) is 0. The average molecular weight is 203 g/mol. The third kappa shape index (κ3) is 4.94. The molecule has 0 aromatic heterocycles. The molecule has 0 bridgehead atoms. The first kappa shape index (κ1) is 13.9. The van der Waals surface area contributed by atoms with E-state index >= 15 is 0 Å². The van der Waals surface area contributed by atoms with Crippen LogP contribution < -0.4 is 5.32 Å². The fraction of sp³-hybridized carbons (Fsp3) is 1.00. The Bertz CT molecular complexity index is 175. The molecule has 3 N–H and O–H groups in total. The lowest BCUT2D eigenvalue weighted by molar-refractivity contribution is -0.00877. The first-order valence-electron chi connectivity index (χ1n) is 5.15. The van der Waals surface area contributed by atoms with Gasteiger partial charge in [-0.1, -0.05) is 0 Å². The highest BCUT2D eigenvalue weighted by Gasteiger charge is 2.34. The molecule has 0 aromatic rings. The second-order valence-electron chi connectivity index (χ2n) is 5.67. The van der Waals surface area contributed by atoms with Crippen LogP contribution in [0.5, 0.6) is 0 Å². The van der Waals surface area contributed by atoms with Crippen molar-refractivity contribution in [2.45, 2.75) is 64.7 Å². The van der Waals surface area contributed by atoms with Crippen molar-refractivity contribution in [3.8, 4) is 0 Å². The molecule has 0 spiro atoms. The summed E-state index contributed by atoms with van der Waals surface area (Å²) < 4.78 is 0. The van der Waals surface area contributed by atoms with Gasteiger partial charge in [-0.3, -0.25) is 0 Å². The van der Waals surface area contributed by atoms with Crippen molar-refractivity contribution in [3.63, 3.8) is 0 Å². The van der Waals surface area contributed by atoms with Crippen LogP contribution in [0.1, 0.15) is 48.0 Å². The Morgan fingerprint density at radius 2 is 1.36 bits per heavy atom. The molecule has 0 heterocycles. The van der Waals surface area contributed by atoms with Crippen molar-refractivity contribution in [3.05, 3.63) is 0 Å². The molecule has 0 radical (unpaired) electrons. The molecule has 3 heteroatoms. The van der Waals surface area contributed by atoms with Gasteiger partial charge in [0.05, 0.1) is 11.2 Å². The van der Waals surface area contributed by atoms with Crippen LogP contribution in [0, 0.1) is 0 Å². The van der Waals surface area contributed by atoms with E-state index in [1.54, 1.807) is 27.7 Å². The fourth-order valence-electron chi connectivity index (χ4n) is 0.897. The molecule has 14 heavy (non-hydrogen) atoms. The van der Waals surface area contributed by atoms with E-state index in [-0.39, 0.29) is 5.54 Å². The normalized spacial score (nSPS) is 14.6. The van der Waals surface area contributed by atoms with E-state index in [1.165, 1.54) is 0 Å². The van der Waals surface area contributed by atoms with Crippen LogP contribution in [0.15, 0.2) is 0 Å². The number of hydrogen-bond acceptors (Lipinski definition) is 3. The van der Waals surface area contributed by atoms with Crippen LogP contribution in [0.3, 0.4) is 0 Å². The van der Waals surface area contributed by atoms with E-state index in [2.05, 4.69) is 5.32 Å². The maximum atomic E-state index is 9.85. The quantitative estimate of drug-likeness (QED) is 0.631. The number of rotatable bonds is 5. The van der Waals surface area contributed by atoms with Crippen molar-refractivity contribution in [1.82, 2.24) is 5.32 Å². The van der Waals surface area contributed by atoms with Crippen molar-refractivity contribution in [1.29, 1.82) is 0 Å². The predicted octanol–water partition coefficient (Wildman–Crippen LogP) is 1.29. The molecule has 0 aliphatic heterocycles. The Morgan fingerprint density at radius 1 is 0.929 bits per heavy atom. The topological polar surface area (TPSA) is 52.5 Å². The fourth-order valence-corrected chi connectivity index (χ4v) is 0.897. The standard InChI is InChI=1S/C11H25NO2/c1-9(2,13)7-8-12-10(3,4)11(5,6)14/h12-14H,7-8H2,1-6H3. The van der Waals surface area contributed by atoms with Gasteiger partial charge in [0.15, 0.2) is 0 Å². The van der Waals surface area contributed by atoms with Gasteiger partial charge in [0.2, 0.25) is 0 Å². The predicted molar refractivity (Wildman–Crippen MR) is 59.3 cm³/mol. The summed E-state index contributed by atoms with van der Waals surface area (Å²) in [6, 6.07) is 0. The highest BCUT2D eigenvalue weighted by atomic mass is 16.3. The van der Waals surface area contributed by atoms with E-state index < -0.39 is 11.2 Å². The van der Waals surface area contributed by atoms with Gasteiger partial charge in [-0.2, -0.15) is 0 Å². The molecule has 0 aliphatic carbocycles. The van der Waals surface area contributed by atoms with Crippen molar-refractivity contribution >= 4 is 0 Å². The molecule has 0 amide bonds. The zero-order chi connectivity index (χ0) is 11.6. The number of hydrogen-bond donors (Lipinski definition) is 3. The second-order valence-corrected chi connectivity index (χ2v) is 5.67. The van der Waals surface area contributed by atoms with E-state index in [1.807, 2.05) is 13.8 Å². The molecule has 0 aliphatic rings. The van der Waals surface area contributed by atoms with Crippen molar-refractivity contribution < 1.29 is 10.2 Å². The second kappa shape index (κ2) is 4.17. The lowest BCUT2D eigenvalue weighted by Gasteiger charge is -2.38. The van der Waals surface area contributed by atoms with Crippen LogP contribution in [0.25, 0.3) is 0 Å². The van der Waals surface area contributed by atoms with Crippen LogP contribution in [-0.4, -0.2) is 33.5 Å². The average Bonchev–Trinajstić information content (AvgIpc) is 1.80. The van der Waals surface area contributed by atoms with Gasteiger partial charge in [0, 0.05) is 5.54 Å². The third-order valence-corrected chi connectivity index (χ3v) is 2.83. The van der Waals surface area contributed by atoms with Gasteiger partial charge in [-0.25, -0.2) is 0 Å². The Labute approximate surface area is 87.5 Å². The van der Waals surface area contributed by atoms with Crippen molar-refractivity contribution in [2.75, 3.05) is 6.54 Å². The third-order valence-electron chi connectivity index (χ3n) is 2.83. The van der Waals surface area contributed by atoms with Gasteiger partial charge in [0.25, 0.3) is 0 Å². The number of nitrogens with one attached hydrogen (secondary N) is 1. The molecule has 0 fully saturated rings. The minimum atomic E-state index is -0.771. The summed E-state index contributed by atoms with van der Waals surface area (Å²) in [5.41, 5.74) is -1.77. The molecular formula is C11H25NO2. The maximum Gasteiger partial charge on any atom is 0.0767 e. The summed E-state index contributed by atoms with van der Waals surface area (Å²) in [5.74, 6) is 0. The SMILES string of the molecule is CC(C)(O)CCNC(C)(C)C(C)(C)O. The van der Waals surface area contributed by atoms with E-state index in [0.29, 0.717) is 13.0 Å². The smallest absolute Gasteiger partial charge is 0.0767 e. The maximum absolute atomic E-state index is 9.85. The van der Waals surface area contributed by atoms with Gasteiger partial charge < -0.3 is 15.5 Å². The molecule has 3 nitrogen and oxygen atoms in total. The summed E-state index contributed by atoms with van der Waals surface area (Å²) in [6.07, 6.45) is 0.673. The first-order valence-corrected chi connectivity index (χ1v) is 5.15. The lowest BCUT2D eigenvalue weighted by atomic mass is 9.85. The van der Waals surface area contributed by atoms with Crippen molar-refractivity contribution in [2.24, 2.45) is 0 Å². The highest BCUT2D eigenvalue weighted by molar-refractivity contribution is 4.93. The monoisotopic (exact) mass is 203 g/mol. The van der Waals surface area contributed by atoms with Gasteiger partial charge >= 0.3 is 0 Å². The summed E-state index contributed by atoms with van der Waals surface area (Å²) in [5, 5.41) is 22.6. The van der Waals surface area contributed by atoms with Gasteiger partial charge in [-0.15, -0.1) is 0 Å². The molecule has 0 unspecified atom stereocenters. The summed E-state index contributed by atoms with van der Waals surface area (Å²) in [4.78, 5) is 0. The van der Waals surface area contributed by atoms with E-state index in [4.69, 9.17) is 0 Å². The van der Waals surface area contributed by atoms with Crippen LogP contribution >= 0.6 is 0 Å². The molecule has 86 valence electrons. The highest BCUT2D eigenvalue weighted by Crippen LogP contribution is 2.20. The number of aliphatic hydroxyl groups is 2. The van der Waals surface area contributed by atoms with Crippen LogP contribution in [-0.2, 0) is 0 Å². The Balaban J connectivity index is 4.02. The van der Waals surface area contributed by atoms with Crippen LogP contribution in [0.2, 0.25) is 0 Å². The largest absolute Gasteiger partial charge is 0.390 e. The molecule has 0 rings (SSSR count). The molecule has 0 atom stereocenters. The van der Waals surface area contributed by atoms with E-state index in [9.17, 15) is 10.2 Å². The Kier molecular flexibility index (Phi) is 4.13. The minimum absolute atomic E-state index is 0.349. The lowest BCUT2D eigenvalue weighted by Crippen LogP contribution is -2.56. The van der Waals surface area contributed by atoms with Gasteiger partial charge in [-0.05, 0) is 54.5 Å². The Hall–Kier alpha value is -0.120. The summed E-state index contributed by atoms with van der Waals surface area (Å²) >= 11 is 0. The Morgan fingerprint density at radius 3 is 1.64 bits per heavy atom. The van der Waals surface area contributed by atoms with E-state index in [0.717, 1.165) is 0 Å². The molecule has 0 aromatic carbocycles. The molecule has 0 saturated carbocycles. The van der Waals surface area contributed by atoms with Gasteiger partial charge in [0.1, 0.15) is 0 Å². The molecule has 0 saturated heterocycles. The van der Waals surface area contributed by atoms with Crippen LogP contribution in [0.4, 0.5) is 0 Å². The zero-order valence-corrected chi connectivity index (χ0v) is 10.3. The minimum Gasteiger partial charge on any atom is -0.390 e. The zero-order valence-electron chi connectivity index (χ0n) is 10.3. The molecular weight excluding hydrogens is 178 g/mol.